The van der Waals surface area contributed by atoms with Crippen LogP contribution in [0.5, 0.6) is 0 Å². The smallest absolute Gasteiger partial charge is 0.251 e. The number of pyridine rings is 1. The quantitative estimate of drug-likeness (QED) is 0.765. The van der Waals surface area contributed by atoms with Crippen LogP contribution in [0.4, 0.5) is 0 Å². The number of carbonyl (C=O) groups excluding carboxylic acids is 1. The van der Waals surface area contributed by atoms with Crippen LogP contribution in [0.15, 0.2) is 48.8 Å². The van der Waals surface area contributed by atoms with Gasteiger partial charge in [0.1, 0.15) is 5.65 Å². The van der Waals surface area contributed by atoms with Gasteiger partial charge in [-0.2, -0.15) is 0 Å². The molecule has 2 aromatic heterocycles. The molecule has 2 N–H and O–H groups in total. The van der Waals surface area contributed by atoms with Crippen LogP contribution in [-0.4, -0.2) is 22.4 Å². The molecule has 0 spiro atoms. The summed E-state index contributed by atoms with van der Waals surface area (Å²) in [6.07, 6.45) is 3.68. The Morgan fingerprint density at radius 1 is 1.25 bits per heavy atom. The lowest BCUT2D eigenvalue weighted by Gasteiger charge is -2.06. The summed E-state index contributed by atoms with van der Waals surface area (Å²) in [7, 11) is 0. The number of fused-ring (bicyclic) bond motifs is 1. The highest BCUT2D eigenvalue weighted by Gasteiger charge is 2.07. The van der Waals surface area contributed by atoms with Crippen LogP contribution in [-0.2, 0) is 0 Å². The van der Waals surface area contributed by atoms with Crippen molar-refractivity contribution in [1.82, 2.24) is 15.3 Å². The SMILES string of the molecule is CCNC(=O)c1cccc(-c2cnc3[nH]ccc3c2)c1. The van der Waals surface area contributed by atoms with Gasteiger partial charge in [0.25, 0.3) is 5.91 Å². The summed E-state index contributed by atoms with van der Waals surface area (Å²) in [5, 5.41) is 3.87. The largest absolute Gasteiger partial charge is 0.352 e. The van der Waals surface area contributed by atoms with Gasteiger partial charge < -0.3 is 10.3 Å². The van der Waals surface area contributed by atoms with E-state index in [1.54, 1.807) is 0 Å². The standard InChI is InChI=1S/C16H15N3O/c1-2-17-16(20)13-5-3-4-11(8-13)14-9-12-6-7-18-15(12)19-10-14/h3-10H,2H2,1H3,(H,17,20)(H,18,19). The number of rotatable bonds is 3. The molecule has 4 heteroatoms. The number of nitrogens with one attached hydrogen (secondary N) is 2. The predicted octanol–water partition coefficient (Wildman–Crippen LogP) is 2.98. The lowest BCUT2D eigenvalue weighted by Crippen LogP contribution is -2.22. The van der Waals surface area contributed by atoms with Crippen LogP contribution in [0.1, 0.15) is 17.3 Å². The van der Waals surface area contributed by atoms with Crippen LogP contribution in [0.25, 0.3) is 22.2 Å². The van der Waals surface area contributed by atoms with E-state index >= 15 is 0 Å². The van der Waals surface area contributed by atoms with E-state index in [1.165, 1.54) is 0 Å². The molecule has 1 amide bonds. The number of hydrogen-bond donors (Lipinski definition) is 2. The average Bonchev–Trinajstić information content (AvgIpc) is 2.95. The lowest BCUT2D eigenvalue weighted by molar-refractivity contribution is 0.0956. The maximum Gasteiger partial charge on any atom is 0.251 e. The summed E-state index contributed by atoms with van der Waals surface area (Å²) < 4.78 is 0. The highest BCUT2D eigenvalue weighted by Crippen LogP contribution is 2.23. The second-order valence-electron chi connectivity index (χ2n) is 4.58. The van der Waals surface area contributed by atoms with Gasteiger partial charge >= 0.3 is 0 Å². The van der Waals surface area contributed by atoms with Gasteiger partial charge in [-0.3, -0.25) is 4.79 Å². The van der Waals surface area contributed by atoms with Gasteiger partial charge in [-0.15, -0.1) is 0 Å². The van der Waals surface area contributed by atoms with Crippen LogP contribution < -0.4 is 5.32 Å². The number of hydrogen-bond acceptors (Lipinski definition) is 2. The molecule has 3 rings (SSSR count). The number of carbonyl (C=O) groups is 1. The molecular weight excluding hydrogens is 250 g/mol. The molecule has 0 saturated heterocycles. The third kappa shape index (κ3) is 2.28. The van der Waals surface area contributed by atoms with Crippen molar-refractivity contribution in [3.05, 3.63) is 54.4 Å². The second kappa shape index (κ2) is 5.17. The first kappa shape index (κ1) is 12.4. The van der Waals surface area contributed by atoms with E-state index in [0.29, 0.717) is 12.1 Å². The molecular formula is C16H15N3O. The van der Waals surface area contributed by atoms with Crippen LogP contribution >= 0.6 is 0 Å². The number of amides is 1. The fourth-order valence-corrected chi connectivity index (χ4v) is 2.20. The Hall–Kier alpha value is -2.62. The molecule has 0 aliphatic rings. The molecule has 2 heterocycles. The highest BCUT2D eigenvalue weighted by atomic mass is 16.1. The van der Waals surface area contributed by atoms with Crippen molar-refractivity contribution in [2.24, 2.45) is 0 Å². The van der Waals surface area contributed by atoms with Crippen molar-refractivity contribution < 1.29 is 4.79 Å². The van der Waals surface area contributed by atoms with Crippen molar-refractivity contribution in [2.75, 3.05) is 6.54 Å². The van der Waals surface area contributed by atoms with E-state index < -0.39 is 0 Å². The summed E-state index contributed by atoms with van der Waals surface area (Å²) in [6.45, 7) is 2.53. The molecule has 0 atom stereocenters. The predicted molar refractivity (Wildman–Crippen MR) is 79.5 cm³/mol. The molecule has 20 heavy (non-hydrogen) atoms. The van der Waals surface area contributed by atoms with E-state index in [4.69, 9.17) is 0 Å². The highest BCUT2D eigenvalue weighted by molar-refractivity contribution is 5.95. The van der Waals surface area contributed by atoms with Crippen molar-refractivity contribution >= 4 is 16.9 Å². The summed E-state index contributed by atoms with van der Waals surface area (Å²) in [6, 6.07) is 11.6. The van der Waals surface area contributed by atoms with Gasteiger partial charge in [-0.25, -0.2) is 4.98 Å². The summed E-state index contributed by atoms with van der Waals surface area (Å²) in [5.41, 5.74) is 3.53. The van der Waals surface area contributed by atoms with Gasteiger partial charge in [-0.1, -0.05) is 12.1 Å². The molecule has 4 nitrogen and oxygen atoms in total. The van der Waals surface area contributed by atoms with E-state index in [0.717, 1.165) is 22.2 Å². The minimum atomic E-state index is -0.0509. The zero-order chi connectivity index (χ0) is 13.9. The van der Waals surface area contributed by atoms with Crippen molar-refractivity contribution in [1.29, 1.82) is 0 Å². The molecule has 100 valence electrons. The van der Waals surface area contributed by atoms with Gasteiger partial charge in [0.05, 0.1) is 0 Å². The number of aromatic amines is 1. The zero-order valence-electron chi connectivity index (χ0n) is 11.2. The van der Waals surface area contributed by atoms with E-state index in [1.807, 2.05) is 49.6 Å². The van der Waals surface area contributed by atoms with Crippen LogP contribution in [0, 0.1) is 0 Å². The number of H-pyrrole nitrogens is 1. The fourth-order valence-electron chi connectivity index (χ4n) is 2.20. The third-order valence-electron chi connectivity index (χ3n) is 3.20. The molecule has 0 bridgehead atoms. The topological polar surface area (TPSA) is 57.8 Å². The van der Waals surface area contributed by atoms with Crippen LogP contribution in [0.2, 0.25) is 0 Å². The van der Waals surface area contributed by atoms with Gasteiger partial charge in [0, 0.05) is 35.5 Å². The molecule has 3 aromatic rings. The maximum absolute atomic E-state index is 11.9. The minimum absolute atomic E-state index is 0.0509. The monoisotopic (exact) mass is 265 g/mol. The van der Waals surface area contributed by atoms with Gasteiger partial charge in [0.15, 0.2) is 0 Å². The lowest BCUT2D eigenvalue weighted by atomic mass is 10.0. The first-order valence-corrected chi connectivity index (χ1v) is 6.59. The minimum Gasteiger partial charge on any atom is -0.352 e. The Balaban J connectivity index is 2.00. The number of aromatic nitrogens is 2. The summed E-state index contributed by atoms with van der Waals surface area (Å²) in [4.78, 5) is 19.3. The Kier molecular flexibility index (Phi) is 3.21. The Morgan fingerprint density at radius 2 is 2.15 bits per heavy atom. The maximum atomic E-state index is 11.9. The summed E-state index contributed by atoms with van der Waals surface area (Å²) in [5.74, 6) is -0.0509. The molecule has 0 radical (unpaired) electrons. The van der Waals surface area contributed by atoms with E-state index in [9.17, 15) is 4.79 Å². The normalized spacial score (nSPS) is 10.7. The average molecular weight is 265 g/mol. The number of nitrogens with zero attached hydrogens (tertiary/aromatic N) is 1. The molecule has 0 saturated carbocycles. The van der Waals surface area contributed by atoms with Crippen molar-refractivity contribution in [3.8, 4) is 11.1 Å². The molecule has 0 aliphatic heterocycles. The van der Waals surface area contributed by atoms with Crippen molar-refractivity contribution in [2.45, 2.75) is 6.92 Å². The summed E-state index contributed by atoms with van der Waals surface area (Å²) >= 11 is 0. The fraction of sp³-hybridized carbons (Fsp3) is 0.125. The Bertz CT molecular complexity index is 761. The third-order valence-corrected chi connectivity index (χ3v) is 3.20. The molecule has 0 fully saturated rings. The first-order chi connectivity index (χ1) is 9.78. The Labute approximate surface area is 116 Å². The zero-order valence-corrected chi connectivity index (χ0v) is 11.2. The van der Waals surface area contributed by atoms with E-state index in [-0.39, 0.29) is 5.91 Å². The van der Waals surface area contributed by atoms with Gasteiger partial charge in [0.2, 0.25) is 0 Å². The first-order valence-electron chi connectivity index (χ1n) is 6.59. The van der Waals surface area contributed by atoms with E-state index in [2.05, 4.69) is 21.4 Å². The van der Waals surface area contributed by atoms with Gasteiger partial charge in [-0.05, 0) is 36.8 Å². The number of benzene rings is 1. The second-order valence-corrected chi connectivity index (χ2v) is 4.58. The van der Waals surface area contributed by atoms with Crippen LogP contribution in [0.3, 0.4) is 0 Å². The Morgan fingerprint density at radius 3 is 3.00 bits per heavy atom. The molecule has 0 aliphatic carbocycles. The molecule has 1 aromatic carbocycles. The van der Waals surface area contributed by atoms with Crippen molar-refractivity contribution in [3.63, 3.8) is 0 Å². The molecule has 0 unspecified atom stereocenters.